The lowest BCUT2D eigenvalue weighted by Crippen LogP contribution is -2.27. The lowest BCUT2D eigenvalue weighted by molar-refractivity contribution is 0.0771. The van der Waals surface area contributed by atoms with Crippen LogP contribution in [-0.2, 0) is 6.54 Å². The van der Waals surface area contributed by atoms with Crippen molar-refractivity contribution < 1.29 is 9.21 Å². The Morgan fingerprint density at radius 3 is 2.94 bits per heavy atom. The molecule has 0 unspecified atom stereocenters. The molecule has 0 spiro atoms. The molecule has 88 valence electrons. The quantitative estimate of drug-likeness (QED) is 0.869. The minimum absolute atomic E-state index is 0.223. The van der Waals surface area contributed by atoms with E-state index in [0.717, 1.165) is 5.76 Å². The molecule has 0 aliphatic rings. The van der Waals surface area contributed by atoms with Gasteiger partial charge in [0.25, 0.3) is 5.91 Å². The Balaban J connectivity index is 2.13. The third-order valence-corrected chi connectivity index (χ3v) is 2.36. The first-order valence-electron chi connectivity index (χ1n) is 5.17. The van der Waals surface area contributed by atoms with Crippen molar-refractivity contribution in [2.75, 3.05) is 12.8 Å². The molecule has 0 aromatic carbocycles. The highest BCUT2D eigenvalue weighted by atomic mass is 16.3. The second-order valence-corrected chi connectivity index (χ2v) is 3.68. The summed E-state index contributed by atoms with van der Waals surface area (Å²) in [6, 6.07) is 6.94. The van der Waals surface area contributed by atoms with E-state index < -0.39 is 0 Å². The lowest BCUT2D eigenvalue weighted by Gasteiger charge is -2.15. The normalized spacial score (nSPS) is 10.2. The molecule has 0 saturated carbocycles. The Kier molecular flexibility index (Phi) is 3.09. The van der Waals surface area contributed by atoms with Gasteiger partial charge in [0.15, 0.2) is 5.69 Å². The van der Waals surface area contributed by atoms with Crippen LogP contribution in [0.5, 0.6) is 0 Å². The minimum Gasteiger partial charge on any atom is -0.467 e. The van der Waals surface area contributed by atoms with E-state index in [-0.39, 0.29) is 11.6 Å². The monoisotopic (exact) mass is 231 g/mol. The van der Waals surface area contributed by atoms with Gasteiger partial charge in [-0.2, -0.15) is 0 Å². The van der Waals surface area contributed by atoms with Crippen LogP contribution >= 0.6 is 0 Å². The second-order valence-electron chi connectivity index (χ2n) is 3.68. The maximum atomic E-state index is 12.0. The van der Waals surface area contributed by atoms with Gasteiger partial charge in [0, 0.05) is 13.2 Å². The molecule has 0 saturated heterocycles. The number of furan rings is 1. The number of nitrogen functional groups attached to an aromatic ring is 1. The molecule has 2 aromatic rings. The van der Waals surface area contributed by atoms with Gasteiger partial charge in [-0.25, -0.2) is 4.98 Å². The van der Waals surface area contributed by atoms with Crippen LogP contribution in [0.2, 0.25) is 0 Å². The molecule has 1 amide bonds. The Hall–Kier alpha value is -2.30. The summed E-state index contributed by atoms with van der Waals surface area (Å²) in [6.07, 6.45) is 3.12. The zero-order valence-corrected chi connectivity index (χ0v) is 9.46. The summed E-state index contributed by atoms with van der Waals surface area (Å²) >= 11 is 0. The van der Waals surface area contributed by atoms with Gasteiger partial charge in [0.05, 0.1) is 18.5 Å². The van der Waals surface area contributed by atoms with Crippen molar-refractivity contribution in [2.45, 2.75) is 6.54 Å². The number of carbonyl (C=O) groups is 1. The maximum absolute atomic E-state index is 12.0. The van der Waals surface area contributed by atoms with Gasteiger partial charge in [-0.05, 0) is 24.3 Å². The molecule has 2 rings (SSSR count). The van der Waals surface area contributed by atoms with Gasteiger partial charge in [-0.1, -0.05) is 0 Å². The Morgan fingerprint density at radius 2 is 2.29 bits per heavy atom. The number of carbonyl (C=O) groups excluding carboxylic acids is 1. The predicted molar refractivity (Wildman–Crippen MR) is 63.2 cm³/mol. The molecule has 17 heavy (non-hydrogen) atoms. The van der Waals surface area contributed by atoms with Crippen molar-refractivity contribution >= 4 is 11.6 Å². The largest absolute Gasteiger partial charge is 0.467 e. The van der Waals surface area contributed by atoms with Crippen LogP contribution in [0.3, 0.4) is 0 Å². The number of amides is 1. The number of aromatic nitrogens is 1. The highest BCUT2D eigenvalue weighted by molar-refractivity contribution is 5.96. The number of nitrogens with two attached hydrogens (primary N) is 1. The number of nitrogens with zero attached hydrogens (tertiary/aromatic N) is 2. The van der Waals surface area contributed by atoms with Crippen LogP contribution in [0, 0.1) is 0 Å². The Bertz CT molecular complexity index is 508. The van der Waals surface area contributed by atoms with Crippen LogP contribution in [0.15, 0.2) is 41.1 Å². The minimum atomic E-state index is -0.223. The van der Waals surface area contributed by atoms with Crippen LogP contribution < -0.4 is 5.73 Å². The third-order valence-electron chi connectivity index (χ3n) is 2.36. The summed E-state index contributed by atoms with van der Waals surface area (Å²) in [5.74, 6) is 0.495. The van der Waals surface area contributed by atoms with Gasteiger partial charge in [-0.3, -0.25) is 4.79 Å². The van der Waals surface area contributed by atoms with E-state index >= 15 is 0 Å². The summed E-state index contributed by atoms with van der Waals surface area (Å²) in [5, 5.41) is 0. The number of anilines is 1. The van der Waals surface area contributed by atoms with E-state index in [2.05, 4.69) is 4.98 Å². The highest BCUT2D eigenvalue weighted by Crippen LogP contribution is 2.12. The zero-order chi connectivity index (χ0) is 12.3. The van der Waals surface area contributed by atoms with Crippen molar-refractivity contribution in [3.05, 3.63) is 48.2 Å². The number of hydrogen-bond donors (Lipinski definition) is 1. The van der Waals surface area contributed by atoms with Gasteiger partial charge in [0.2, 0.25) is 0 Å². The molecule has 2 N–H and O–H groups in total. The average Bonchev–Trinajstić information content (AvgIpc) is 2.81. The third kappa shape index (κ3) is 2.44. The molecule has 2 aromatic heterocycles. The molecular formula is C12H13N3O2. The van der Waals surface area contributed by atoms with E-state index in [1.165, 1.54) is 4.90 Å². The molecule has 0 aliphatic carbocycles. The molecule has 0 radical (unpaired) electrons. The SMILES string of the molecule is CN(Cc1ccco1)C(=O)c1ncccc1N. The zero-order valence-electron chi connectivity index (χ0n) is 9.46. The van der Waals surface area contributed by atoms with Crippen LogP contribution in [0.1, 0.15) is 16.2 Å². The van der Waals surface area contributed by atoms with Gasteiger partial charge >= 0.3 is 0 Å². The summed E-state index contributed by atoms with van der Waals surface area (Å²) in [4.78, 5) is 17.5. The molecule has 0 bridgehead atoms. The molecule has 5 nitrogen and oxygen atoms in total. The number of rotatable bonds is 3. The van der Waals surface area contributed by atoms with E-state index in [1.807, 2.05) is 6.07 Å². The van der Waals surface area contributed by atoms with Gasteiger partial charge in [0.1, 0.15) is 5.76 Å². The van der Waals surface area contributed by atoms with E-state index in [1.54, 1.807) is 37.7 Å². The second kappa shape index (κ2) is 4.69. The van der Waals surface area contributed by atoms with E-state index in [9.17, 15) is 4.79 Å². The summed E-state index contributed by atoms with van der Waals surface area (Å²) in [6.45, 7) is 0.391. The molecule has 0 atom stereocenters. The number of hydrogen-bond acceptors (Lipinski definition) is 4. The highest BCUT2D eigenvalue weighted by Gasteiger charge is 2.16. The summed E-state index contributed by atoms with van der Waals surface area (Å²) in [7, 11) is 1.68. The standard InChI is InChI=1S/C12H13N3O2/c1-15(8-9-4-3-7-17-9)12(16)11-10(13)5-2-6-14-11/h2-7H,8,13H2,1H3. The van der Waals surface area contributed by atoms with Crippen LogP contribution in [0.25, 0.3) is 0 Å². The van der Waals surface area contributed by atoms with Crippen LogP contribution in [0.4, 0.5) is 5.69 Å². The molecule has 0 fully saturated rings. The van der Waals surface area contributed by atoms with Crippen molar-refractivity contribution in [3.8, 4) is 0 Å². The smallest absolute Gasteiger partial charge is 0.274 e. The van der Waals surface area contributed by atoms with Gasteiger partial charge in [-0.15, -0.1) is 0 Å². The fourth-order valence-electron chi connectivity index (χ4n) is 1.49. The van der Waals surface area contributed by atoms with Crippen LogP contribution in [-0.4, -0.2) is 22.8 Å². The molecular weight excluding hydrogens is 218 g/mol. The first-order valence-corrected chi connectivity index (χ1v) is 5.17. The summed E-state index contributed by atoms with van der Waals surface area (Å²) in [5.41, 5.74) is 6.34. The van der Waals surface area contributed by atoms with Crippen molar-refractivity contribution in [2.24, 2.45) is 0 Å². The molecule has 0 aliphatic heterocycles. The predicted octanol–water partition coefficient (Wildman–Crippen LogP) is 1.53. The Morgan fingerprint density at radius 1 is 1.47 bits per heavy atom. The fraction of sp³-hybridized carbons (Fsp3) is 0.167. The fourth-order valence-corrected chi connectivity index (χ4v) is 1.49. The maximum Gasteiger partial charge on any atom is 0.274 e. The number of pyridine rings is 1. The van der Waals surface area contributed by atoms with E-state index in [0.29, 0.717) is 12.2 Å². The first-order chi connectivity index (χ1) is 8.18. The summed E-state index contributed by atoms with van der Waals surface area (Å²) < 4.78 is 5.17. The van der Waals surface area contributed by atoms with Gasteiger partial charge < -0.3 is 15.1 Å². The van der Waals surface area contributed by atoms with Crippen molar-refractivity contribution in [1.29, 1.82) is 0 Å². The topological polar surface area (TPSA) is 72.4 Å². The van der Waals surface area contributed by atoms with Crippen molar-refractivity contribution in [1.82, 2.24) is 9.88 Å². The first kappa shape index (κ1) is 11.2. The molecule has 2 heterocycles. The molecule has 5 heteroatoms. The average molecular weight is 231 g/mol. The van der Waals surface area contributed by atoms with Crippen molar-refractivity contribution in [3.63, 3.8) is 0 Å². The lowest BCUT2D eigenvalue weighted by atomic mass is 10.2. The van der Waals surface area contributed by atoms with E-state index in [4.69, 9.17) is 10.2 Å². The Labute approximate surface area is 98.9 Å².